The van der Waals surface area contributed by atoms with Gasteiger partial charge in [-0.25, -0.2) is 0 Å². The summed E-state index contributed by atoms with van der Waals surface area (Å²) >= 11 is 0. The Labute approximate surface area is 146 Å². The van der Waals surface area contributed by atoms with Crippen LogP contribution in [0.5, 0.6) is 0 Å². The second-order valence-corrected chi connectivity index (χ2v) is 6.89. The van der Waals surface area contributed by atoms with Gasteiger partial charge in [0, 0.05) is 38.4 Å². The van der Waals surface area contributed by atoms with Crippen molar-refractivity contribution in [2.45, 2.75) is 32.2 Å². The molecule has 1 heterocycles. The van der Waals surface area contributed by atoms with Crippen molar-refractivity contribution >= 4 is 11.5 Å². The van der Waals surface area contributed by atoms with Crippen molar-refractivity contribution in [2.75, 3.05) is 45.3 Å². The van der Waals surface area contributed by atoms with Crippen LogP contribution in [-0.4, -0.2) is 56.6 Å². The third kappa shape index (κ3) is 3.87. The number of hydrogen-bond acceptors (Lipinski definition) is 4. The van der Waals surface area contributed by atoms with E-state index < -0.39 is 5.54 Å². The molecule has 1 fully saturated rings. The van der Waals surface area contributed by atoms with E-state index in [9.17, 15) is 4.79 Å². The molecule has 0 radical (unpaired) electrons. The van der Waals surface area contributed by atoms with Gasteiger partial charge in [0.2, 0.25) is 0 Å². The van der Waals surface area contributed by atoms with Crippen molar-refractivity contribution in [1.82, 2.24) is 4.90 Å². The molecule has 4 heteroatoms. The quantitative estimate of drug-likeness (QED) is 0.567. The van der Waals surface area contributed by atoms with E-state index in [-0.39, 0.29) is 5.78 Å². The molecule has 4 nitrogen and oxygen atoms in total. The van der Waals surface area contributed by atoms with E-state index in [1.54, 1.807) is 0 Å². The highest BCUT2D eigenvalue weighted by Gasteiger charge is 2.43. The van der Waals surface area contributed by atoms with Crippen molar-refractivity contribution in [1.29, 1.82) is 0 Å². The smallest absolute Gasteiger partial charge is 0.183 e. The Kier molecular flexibility index (Phi) is 6.19. The Balaban J connectivity index is 2.37. The van der Waals surface area contributed by atoms with E-state index in [1.807, 2.05) is 50.2 Å². The number of carbonyl (C=O) groups is 1. The highest BCUT2D eigenvalue weighted by molar-refractivity contribution is 6.03. The molecule has 0 spiro atoms. The second-order valence-electron chi connectivity index (χ2n) is 6.89. The van der Waals surface area contributed by atoms with Gasteiger partial charge >= 0.3 is 0 Å². The lowest BCUT2D eigenvalue weighted by molar-refractivity contribution is -0.0162. The third-order valence-corrected chi connectivity index (χ3v) is 4.86. The largest absolute Gasteiger partial charge is 0.379 e. The Hall–Kier alpha value is -1.65. The van der Waals surface area contributed by atoms with Crippen LogP contribution >= 0.6 is 0 Å². The molecule has 1 atom stereocenters. The van der Waals surface area contributed by atoms with Crippen LogP contribution in [0.4, 0.5) is 5.69 Å². The first-order chi connectivity index (χ1) is 11.4. The average Bonchev–Trinajstić information content (AvgIpc) is 2.59. The van der Waals surface area contributed by atoms with E-state index in [4.69, 9.17) is 4.74 Å². The molecule has 1 aliphatic rings. The van der Waals surface area contributed by atoms with Crippen LogP contribution < -0.4 is 4.90 Å². The third-order valence-electron chi connectivity index (χ3n) is 4.86. The van der Waals surface area contributed by atoms with Crippen LogP contribution in [0.15, 0.2) is 36.4 Å². The summed E-state index contributed by atoms with van der Waals surface area (Å²) in [5.74, 6) is 0.195. The normalized spacial score (nSPS) is 18.0. The fraction of sp³-hybridized carbons (Fsp3) is 0.550. The Morgan fingerprint density at radius 2 is 1.83 bits per heavy atom. The van der Waals surface area contributed by atoms with Gasteiger partial charge in [-0.05, 0) is 44.0 Å². The lowest BCUT2D eigenvalue weighted by Crippen LogP contribution is -2.58. The molecule has 2 rings (SSSR count). The summed E-state index contributed by atoms with van der Waals surface area (Å²) in [4.78, 5) is 17.8. The van der Waals surface area contributed by atoms with Crippen LogP contribution in [0.1, 0.15) is 37.0 Å². The molecule has 0 bridgehead atoms. The van der Waals surface area contributed by atoms with Crippen LogP contribution in [0.2, 0.25) is 0 Å². The molecular formula is C20H30N2O2. The van der Waals surface area contributed by atoms with Crippen LogP contribution in [0.3, 0.4) is 0 Å². The van der Waals surface area contributed by atoms with Gasteiger partial charge < -0.3 is 9.64 Å². The highest BCUT2D eigenvalue weighted by Crippen LogP contribution is 2.32. The molecular weight excluding hydrogens is 300 g/mol. The van der Waals surface area contributed by atoms with E-state index >= 15 is 0 Å². The number of morpholine rings is 1. The standard InChI is InChI=1S/C20H30N2O2/c1-6-20(15-16(2)3,22-11-13-24-14-12-22)19(23)17-7-9-18(10-8-17)21(4)5/h7-10H,2,6,11-15H2,1,3-5H3. The monoisotopic (exact) mass is 330 g/mol. The van der Waals surface area contributed by atoms with Gasteiger partial charge in [-0.2, -0.15) is 0 Å². The van der Waals surface area contributed by atoms with E-state index in [0.29, 0.717) is 19.6 Å². The topological polar surface area (TPSA) is 32.8 Å². The number of anilines is 1. The van der Waals surface area contributed by atoms with Crippen molar-refractivity contribution in [3.63, 3.8) is 0 Å². The van der Waals surface area contributed by atoms with Gasteiger partial charge in [0.15, 0.2) is 5.78 Å². The van der Waals surface area contributed by atoms with Gasteiger partial charge in [0.25, 0.3) is 0 Å². The fourth-order valence-corrected chi connectivity index (χ4v) is 3.52. The zero-order valence-corrected chi connectivity index (χ0v) is 15.5. The lowest BCUT2D eigenvalue weighted by Gasteiger charge is -2.44. The number of ether oxygens (including phenoxy) is 1. The Bertz CT molecular complexity index is 574. The zero-order valence-electron chi connectivity index (χ0n) is 15.5. The van der Waals surface area contributed by atoms with Gasteiger partial charge in [-0.15, -0.1) is 6.58 Å². The summed E-state index contributed by atoms with van der Waals surface area (Å²) in [6.07, 6.45) is 1.46. The van der Waals surface area contributed by atoms with Crippen molar-refractivity contribution in [3.8, 4) is 0 Å². The molecule has 24 heavy (non-hydrogen) atoms. The number of rotatable bonds is 7. The molecule has 1 aromatic rings. The number of Topliss-reactive ketones (excluding diaryl/α,β-unsaturated/α-hetero) is 1. The maximum Gasteiger partial charge on any atom is 0.183 e. The molecule has 0 saturated carbocycles. The first-order valence-electron chi connectivity index (χ1n) is 8.70. The summed E-state index contributed by atoms with van der Waals surface area (Å²) in [6.45, 7) is 11.1. The fourth-order valence-electron chi connectivity index (χ4n) is 3.52. The summed E-state index contributed by atoms with van der Waals surface area (Å²) < 4.78 is 5.49. The lowest BCUT2D eigenvalue weighted by atomic mass is 9.79. The predicted molar refractivity (Wildman–Crippen MR) is 99.9 cm³/mol. The molecule has 0 aromatic heterocycles. The average molecular weight is 330 g/mol. The molecule has 0 amide bonds. The minimum atomic E-state index is -0.519. The molecule has 1 unspecified atom stereocenters. The molecule has 0 aliphatic carbocycles. The van der Waals surface area contributed by atoms with Crippen molar-refractivity contribution in [3.05, 3.63) is 42.0 Å². The summed E-state index contributed by atoms with van der Waals surface area (Å²) in [5, 5.41) is 0. The Morgan fingerprint density at radius 3 is 2.29 bits per heavy atom. The molecule has 1 aliphatic heterocycles. The van der Waals surface area contributed by atoms with Gasteiger partial charge in [0.1, 0.15) is 0 Å². The second kappa shape index (κ2) is 7.95. The van der Waals surface area contributed by atoms with Crippen LogP contribution in [0, 0.1) is 0 Å². The molecule has 1 saturated heterocycles. The van der Waals surface area contributed by atoms with E-state index in [1.165, 1.54) is 0 Å². The number of nitrogens with zero attached hydrogens (tertiary/aromatic N) is 2. The van der Waals surface area contributed by atoms with E-state index in [2.05, 4.69) is 18.4 Å². The van der Waals surface area contributed by atoms with Gasteiger partial charge in [-0.3, -0.25) is 9.69 Å². The minimum Gasteiger partial charge on any atom is -0.379 e. The first kappa shape index (κ1) is 18.7. The SMILES string of the molecule is C=C(C)CC(CC)(C(=O)c1ccc(N(C)C)cc1)N1CCOCC1. The maximum atomic E-state index is 13.5. The van der Waals surface area contributed by atoms with Crippen LogP contribution in [0.25, 0.3) is 0 Å². The van der Waals surface area contributed by atoms with Gasteiger partial charge in [0.05, 0.1) is 18.8 Å². The highest BCUT2D eigenvalue weighted by atomic mass is 16.5. The number of ketones is 1. The van der Waals surface area contributed by atoms with Crippen molar-refractivity contribution in [2.24, 2.45) is 0 Å². The van der Waals surface area contributed by atoms with Crippen molar-refractivity contribution < 1.29 is 9.53 Å². The van der Waals surface area contributed by atoms with Gasteiger partial charge in [-0.1, -0.05) is 12.5 Å². The molecule has 132 valence electrons. The van der Waals surface area contributed by atoms with Crippen LogP contribution in [-0.2, 0) is 4.74 Å². The number of hydrogen-bond donors (Lipinski definition) is 0. The number of benzene rings is 1. The maximum absolute atomic E-state index is 13.5. The summed E-state index contributed by atoms with van der Waals surface area (Å²) in [5.41, 5.74) is 2.40. The zero-order chi connectivity index (χ0) is 17.7. The van der Waals surface area contributed by atoms with E-state index in [0.717, 1.165) is 36.3 Å². The molecule has 1 aromatic carbocycles. The Morgan fingerprint density at radius 1 is 1.25 bits per heavy atom. The summed E-state index contributed by atoms with van der Waals surface area (Å²) in [6, 6.07) is 7.91. The number of carbonyl (C=O) groups excluding carboxylic acids is 1. The predicted octanol–water partition coefficient (Wildman–Crippen LogP) is 3.38. The first-order valence-corrected chi connectivity index (χ1v) is 8.70. The minimum absolute atomic E-state index is 0.195. The summed E-state index contributed by atoms with van der Waals surface area (Å²) in [7, 11) is 4.00. The molecule has 0 N–H and O–H groups in total.